The van der Waals surface area contributed by atoms with Gasteiger partial charge < -0.3 is 4.74 Å². The molecule has 1 unspecified atom stereocenters. The highest BCUT2D eigenvalue weighted by Gasteiger charge is 2.36. The van der Waals surface area contributed by atoms with Gasteiger partial charge in [0.2, 0.25) is 0 Å². The van der Waals surface area contributed by atoms with E-state index in [1.807, 2.05) is 0 Å². The second kappa shape index (κ2) is 8.71. The molecule has 1 aromatic heterocycles. The first-order valence-corrected chi connectivity index (χ1v) is 11.2. The average molecular weight is 444 g/mol. The van der Waals surface area contributed by atoms with Crippen LogP contribution in [-0.2, 0) is 31.6 Å². The molecule has 0 spiro atoms. The van der Waals surface area contributed by atoms with E-state index in [2.05, 4.69) is 5.10 Å². The van der Waals surface area contributed by atoms with E-state index in [1.54, 1.807) is 26.8 Å². The van der Waals surface area contributed by atoms with Crippen LogP contribution in [-0.4, -0.2) is 37.0 Å². The van der Waals surface area contributed by atoms with Crippen molar-refractivity contribution in [2.45, 2.75) is 37.9 Å². The third-order valence-electron chi connectivity index (χ3n) is 4.24. The summed E-state index contributed by atoms with van der Waals surface area (Å²) in [4.78, 5) is 12.0. The smallest absolute Gasteiger partial charge is 0.327 e. The summed E-state index contributed by atoms with van der Waals surface area (Å²) in [6, 6.07) is 5.79. The van der Waals surface area contributed by atoms with Crippen LogP contribution in [0.5, 0.6) is 0 Å². The van der Waals surface area contributed by atoms with E-state index < -0.39 is 33.7 Å². The molecule has 29 heavy (non-hydrogen) atoms. The van der Waals surface area contributed by atoms with Crippen molar-refractivity contribution in [2.24, 2.45) is 0 Å². The van der Waals surface area contributed by atoms with Gasteiger partial charge in [-0.05, 0) is 38.5 Å². The first-order chi connectivity index (χ1) is 13.4. The standard InChI is InChI=1S/C19H23F2N2O4PS/c1-5-12(3)16-17(13-7-9-14(10-8-13)29(4,25)26)22-23(11-15(24)27-6-2)18(16)19(20,21)28/h5,7-10H,6,11,28H2,1-4H3/b12-5+. The van der Waals surface area contributed by atoms with E-state index in [9.17, 15) is 22.0 Å². The molecular weight excluding hydrogens is 421 g/mol. The maximum Gasteiger partial charge on any atom is 0.327 e. The van der Waals surface area contributed by atoms with Crippen molar-refractivity contribution in [3.8, 4) is 11.3 Å². The van der Waals surface area contributed by atoms with Crippen molar-refractivity contribution in [3.05, 3.63) is 41.6 Å². The van der Waals surface area contributed by atoms with Crippen molar-refractivity contribution in [3.63, 3.8) is 0 Å². The number of carbonyl (C=O) groups is 1. The van der Waals surface area contributed by atoms with Crippen molar-refractivity contribution in [1.82, 2.24) is 9.78 Å². The summed E-state index contributed by atoms with van der Waals surface area (Å²) in [5, 5.41) is 4.26. The molecule has 1 atom stereocenters. The van der Waals surface area contributed by atoms with Crippen molar-refractivity contribution in [2.75, 3.05) is 12.9 Å². The molecule has 0 aliphatic rings. The van der Waals surface area contributed by atoms with Gasteiger partial charge in [-0.3, -0.25) is 9.48 Å². The Balaban J connectivity index is 2.74. The van der Waals surface area contributed by atoms with Crippen LogP contribution >= 0.6 is 9.24 Å². The minimum absolute atomic E-state index is 0.105. The Labute approximate surface area is 171 Å². The maximum absolute atomic E-state index is 14.5. The number of rotatable bonds is 7. The predicted molar refractivity (Wildman–Crippen MR) is 110 cm³/mol. The molecule has 0 amide bonds. The topological polar surface area (TPSA) is 78.3 Å². The van der Waals surface area contributed by atoms with Gasteiger partial charge in [-0.1, -0.05) is 27.4 Å². The molecule has 0 saturated heterocycles. The van der Waals surface area contributed by atoms with Gasteiger partial charge in [-0.25, -0.2) is 8.42 Å². The number of ether oxygens (including phenoxy) is 1. The van der Waals surface area contributed by atoms with Gasteiger partial charge in [0.25, 0.3) is 0 Å². The molecule has 1 aromatic carbocycles. The molecule has 0 N–H and O–H groups in total. The number of hydrogen-bond acceptors (Lipinski definition) is 5. The van der Waals surface area contributed by atoms with Gasteiger partial charge in [0.05, 0.1) is 11.5 Å². The first-order valence-electron chi connectivity index (χ1n) is 8.77. The van der Waals surface area contributed by atoms with E-state index >= 15 is 0 Å². The van der Waals surface area contributed by atoms with Crippen molar-refractivity contribution < 1.29 is 26.7 Å². The Morgan fingerprint density at radius 3 is 2.34 bits per heavy atom. The lowest BCUT2D eigenvalue weighted by Gasteiger charge is -2.15. The first kappa shape index (κ1) is 23.2. The molecule has 6 nitrogen and oxygen atoms in total. The quantitative estimate of drug-likeness (QED) is 0.479. The van der Waals surface area contributed by atoms with Crippen LogP contribution in [0, 0.1) is 0 Å². The highest BCUT2D eigenvalue weighted by Crippen LogP contribution is 2.43. The molecule has 0 radical (unpaired) electrons. The summed E-state index contributed by atoms with van der Waals surface area (Å²) in [7, 11) is -1.93. The molecular formula is C19H23F2N2O4PS. The second-order valence-electron chi connectivity index (χ2n) is 6.43. The summed E-state index contributed by atoms with van der Waals surface area (Å²) in [5.74, 6) is -0.686. The lowest BCUT2D eigenvalue weighted by molar-refractivity contribution is -0.144. The number of nitrogens with zero attached hydrogens (tertiary/aromatic N) is 2. The monoisotopic (exact) mass is 444 g/mol. The number of hydrogen-bond donors (Lipinski definition) is 0. The predicted octanol–water partition coefficient (Wildman–Crippen LogP) is 3.86. The average Bonchev–Trinajstić information content (AvgIpc) is 3.00. The maximum atomic E-state index is 14.5. The lowest BCUT2D eigenvalue weighted by atomic mass is 9.99. The van der Waals surface area contributed by atoms with Gasteiger partial charge in [-0.2, -0.15) is 13.9 Å². The molecule has 0 fully saturated rings. The van der Waals surface area contributed by atoms with E-state index in [0.29, 0.717) is 11.1 Å². The number of carbonyl (C=O) groups excluding carboxylic acids is 1. The van der Waals surface area contributed by atoms with Crippen LogP contribution < -0.4 is 0 Å². The SMILES string of the molecule is C/C=C(\C)c1c(-c2ccc(S(C)(=O)=O)cc2)nn(CC(=O)OCC)c1C(F)(F)P. The Bertz CT molecular complexity index is 1040. The Kier molecular flexibility index (Phi) is 6.96. The third-order valence-corrected chi connectivity index (χ3v) is 5.64. The van der Waals surface area contributed by atoms with Crippen molar-refractivity contribution in [1.29, 1.82) is 0 Å². The van der Waals surface area contributed by atoms with E-state index in [4.69, 9.17) is 4.74 Å². The van der Waals surface area contributed by atoms with Crippen LogP contribution in [0.15, 0.2) is 35.2 Å². The van der Waals surface area contributed by atoms with E-state index in [0.717, 1.165) is 10.9 Å². The zero-order chi connectivity index (χ0) is 22.0. The van der Waals surface area contributed by atoms with Gasteiger partial charge >= 0.3 is 11.6 Å². The number of esters is 1. The van der Waals surface area contributed by atoms with Crippen LogP contribution in [0.25, 0.3) is 16.8 Å². The number of aromatic nitrogens is 2. The molecule has 2 aromatic rings. The summed E-state index contributed by atoms with van der Waals surface area (Å²) < 4.78 is 58.2. The molecule has 1 heterocycles. The van der Waals surface area contributed by atoms with Crippen LogP contribution in [0.2, 0.25) is 0 Å². The normalized spacial score (nSPS) is 12.9. The molecule has 0 aliphatic carbocycles. The van der Waals surface area contributed by atoms with Gasteiger partial charge in [0.15, 0.2) is 9.84 Å². The number of sulfone groups is 1. The lowest BCUT2D eigenvalue weighted by Crippen LogP contribution is -2.20. The number of allylic oxidation sites excluding steroid dienone is 2. The molecule has 0 saturated carbocycles. The highest BCUT2D eigenvalue weighted by atomic mass is 32.2. The fourth-order valence-corrected chi connectivity index (χ4v) is 3.75. The molecule has 158 valence electrons. The van der Waals surface area contributed by atoms with Crippen molar-refractivity contribution >= 4 is 30.6 Å². The molecule has 0 aliphatic heterocycles. The van der Waals surface area contributed by atoms with Crippen LogP contribution in [0.4, 0.5) is 8.78 Å². The highest BCUT2D eigenvalue weighted by molar-refractivity contribution is 7.90. The number of alkyl halides is 2. The number of halogens is 2. The van der Waals surface area contributed by atoms with Gasteiger partial charge in [0.1, 0.15) is 17.9 Å². The minimum atomic E-state index is -3.40. The van der Waals surface area contributed by atoms with Gasteiger partial charge in [0, 0.05) is 17.4 Å². The summed E-state index contributed by atoms with van der Waals surface area (Å²) in [5.41, 5.74) is -2.39. The summed E-state index contributed by atoms with van der Waals surface area (Å²) in [6.45, 7) is 4.64. The van der Waals surface area contributed by atoms with Gasteiger partial charge in [-0.15, -0.1) is 0 Å². The zero-order valence-electron chi connectivity index (χ0n) is 16.6. The summed E-state index contributed by atoms with van der Waals surface area (Å²) in [6.07, 6.45) is 2.75. The third kappa shape index (κ3) is 5.28. The minimum Gasteiger partial charge on any atom is -0.465 e. The van der Waals surface area contributed by atoms with E-state index in [-0.39, 0.29) is 22.8 Å². The Hall–Kier alpha value is -2.12. The fraction of sp³-hybridized carbons (Fsp3) is 0.368. The second-order valence-corrected chi connectivity index (χ2v) is 9.17. The van der Waals surface area contributed by atoms with Crippen LogP contribution in [0.1, 0.15) is 32.0 Å². The van der Waals surface area contributed by atoms with Crippen LogP contribution in [0.3, 0.4) is 0 Å². The Morgan fingerprint density at radius 1 is 1.31 bits per heavy atom. The largest absolute Gasteiger partial charge is 0.465 e. The molecule has 10 heteroatoms. The zero-order valence-corrected chi connectivity index (χ0v) is 18.5. The molecule has 2 rings (SSSR count). The molecule has 0 bridgehead atoms. The Morgan fingerprint density at radius 2 is 1.90 bits per heavy atom. The summed E-state index contributed by atoms with van der Waals surface area (Å²) >= 11 is 0. The van der Waals surface area contributed by atoms with E-state index in [1.165, 1.54) is 33.5 Å². The fourth-order valence-electron chi connectivity index (χ4n) is 2.82. The number of benzene rings is 1.